The van der Waals surface area contributed by atoms with E-state index in [1.807, 2.05) is 31.2 Å². The van der Waals surface area contributed by atoms with Crippen LogP contribution in [-0.4, -0.2) is 17.5 Å². The summed E-state index contributed by atoms with van der Waals surface area (Å²) in [6.45, 7) is 4.01. The molecule has 0 N–H and O–H groups in total. The Labute approximate surface area is 95.0 Å². The van der Waals surface area contributed by atoms with E-state index in [1.54, 1.807) is 11.8 Å². The molecular weight excluding hydrogens is 208 g/mol. The summed E-state index contributed by atoms with van der Waals surface area (Å²) in [6.07, 6.45) is 0.479. The third-order valence-electron chi connectivity index (χ3n) is 1.97. The number of hydrogen-bond donors (Lipinski definition) is 0. The van der Waals surface area contributed by atoms with Crippen LogP contribution in [0.1, 0.15) is 18.9 Å². The lowest BCUT2D eigenvalue weighted by Crippen LogP contribution is -2.09. The third kappa shape index (κ3) is 4.38. The first-order chi connectivity index (χ1) is 7.24. The first kappa shape index (κ1) is 12.1. The molecule has 0 radical (unpaired) electrons. The van der Waals surface area contributed by atoms with Gasteiger partial charge in [0.1, 0.15) is 5.75 Å². The maximum absolute atomic E-state index is 11.4. The molecule has 0 aliphatic rings. The van der Waals surface area contributed by atoms with Gasteiger partial charge < -0.3 is 4.74 Å². The lowest BCUT2D eigenvalue weighted by Gasteiger charge is -2.06. The van der Waals surface area contributed by atoms with Gasteiger partial charge in [-0.15, -0.1) is 0 Å². The zero-order valence-corrected chi connectivity index (χ0v) is 9.97. The molecule has 0 heterocycles. The SMILES string of the molecule is CCSCCC(=O)Oc1ccccc1C. The van der Waals surface area contributed by atoms with Gasteiger partial charge in [-0.1, -0.05) is 25.1 Å². The van der Waals surface area contributed by atoms with E-state index in [1.165, 1.54) is 0 Å². The summed E-state index contributed by atoms with van der Waals surface area (Å²) in [5, 5.41) is 0. The van der Waals surface area contributed by atoms with Crippen molar-refractivity contribution in [3.8, 4) is 5.75 Å². The summed E-state index contributed by atoms with van der Waals surface area (Å²) >= 11 is 1.75. The smallest absolute Gasteiger partial charge is 0.312 e. The zero-order chi connectivity index (χ0) is 11.1. The lowest BCUT2D eigenvalue weighted by atomic mass is 10.2. The van der Waals surface area contributed by atoms with Crippen LogP contribution in [0.4, 0.5) is 0 Å². The summed E-state index contributed by atoms with van der Waals surface area (Å²) in [5.74, 6) is 2.40. The van der Waals surface area contributed by atoms with E-state index in [0.717, 1.165) is 17.1 Å². The molecule has 0 bridgehead atoms. The van der Waals surface area contributed by atoms with E-state index in [0.29, 0.717) is 12.2 Å². The van der Waals surface area contributed by atoms with Crippen LogP contribution < -0.4 is 4.74 Å². The Morgan fingerprint density at radius 1 is 1.40 bits per heavy atom. The van der Waals surface area contributed by atoms with Crippen molar-refractivity contribution in [2.45, 2.75) is 20.3 Å². The Bertz CT molecular complexity index is 323. The van der Waals surface area contributed by atoms with Gasteiger partial charge in [0.05, 0.1) is 6.42 Å². The molecule has 0 spiro atoms. The number of esters is 1. The van der Waals surface area contributed by atoms with E-state index in [4.69, 9.17) is 4.74 Å². The minimum absolute atomic E-state index is 0.148. The molecule has 0 atom stereocenters. The number of aryl methyl sites for hydroxylation is 1. The van der Waals surface area contributed by atoms with Gasteiger partial charge in [0, 0.05) is 5.75 Å². The number of carbonyl (C=O) groups is 1. The number of para-hydroxylation sites is 1. The van der Waals surface area contributed by atoms with Crippen molar-refractivity contribution in [1.82, 2.24) is 0 Å². The molecule has 0 aliphatic heterocycles. The van der Waals surface area contributed by atoms with Gasteiger partial charge in [0.15, 0.2) is 0 Å². The van der Waals surface area contributed by atoms with E-state index in [2.05, 4.69) is 6.92 Å². The monoisotopic (exact) mass is 224 g/mol. The molecule has 0 amide bonds. The molecule has 1 aromatic carbocycles. The Morgan fingerprint density at radius 3 is 2.80 bits per heavy atom. The predicted molar refractivity (Wildman–Crippen MR) is 64.4 cm³/mol. The Balaban J connectivity index is 2.41. The van der Waals surface area contributed by atoms with Gasteiger partial charge >= 0.3 is 5.97 Å². The van der Waals surface area contributed by atoms with Crippen molar-refractivity contribution in [3.05, 3.63) is 29.8 Å². The normalized spacial score (nSPS) is 10.0. The van der Waals surface area contributed by atoms with Crippen molar-refractivity contribution in [1.29, 1.82) is 0 Å². The highest BCUT2D eigenvalue weighted by atomic mass is 32.2. The fraction of sp³-hybridized carbons (Fsp3) is 0.417. The summed E-state index contributed by atoms with van der Waals surface area (Å²) in [7, 11) is 0. The van der Waals surface area contributed by atoms with Gasteiger partial charge in [-0.3, -0.25) is 4.79 Å². The third-order valence-corrected chi connectivity index (χ3v) is 2.87. The number of carbonyl (C=O) groups excluding carboxylic acids is 1. The second-order valence-corrected chi connectivity index (χ2v) is 4.58. The Morgan fingerprint density at radius 2 is 2.13 bits per heavy atom. The molecule has 1 aromatic rings. The maximum atomic E-state index is 11.4. The van der Waals surface area contributed by atoms with Gasteiger partial charge in [-0.2, -0.15) is 11.8 Å². The molecular formula is C12H16O2S. The van der Waals surface area contributed by atoms with Crippen LogP contribution in [-0.2, 0) is 4.79 Å². The van der Waals surface area contributed by atoms with E-state index >= 15 is 0 Å². The van der Waals surface area contributed by atoms with Gasteiger partial charge in [-0.05, 0) is 24.3 Å². The summed E-state index contributed by atoms with van der Waals surface area (Å²) < 4.78 is 5.24. The molecule has 0 aromatic heterocycles. The topological polar surface area (TPSA) is 26.3 Å². The average Bonchev–Trinajstić information content (AvgIpc) is 2.22. The lowest BCUT2D eigenvalue weighted by molar-refractivity contribution is -0.133. The van der Waals surface area contributed by atoms with Crippen LogP contribution in [0.15, 0.2) is 24.3 Å². The number of ether oxygens (including phenoxy) is 1. The number of rotatable bonds is 5. The van der Waals surface area contributed by atoms with E-state index < -0.39 is 0 Å². The van der Waals surface area contributed by atoms with Crippen LogP contribution >= 0.6 is 11.8 Å². The second-order valence-electron chi connectivity index (χ2n) is 3.19. The Hall–Kier alpha value is -0.960. The summed E-state index contributed by atoms with van der Waals surface area (Å²) in [6, 6.07) is 7.56. The van der Waals surface area contributed by atoms with Crippen LogP contribution in [0.3, 0.4) is 0 Å². The second kappa shape index (κ2) is 6.51. The van der Waals surface area contributed by atoms with Crippen molar-refractivity contribution in [2.75, 3.05) is 11.5 Å². The first-order valence-electron chi connectivity index (χ1n) is 5.08. The molecule has 15 heavy (non-hydrogen) atoms. The van der Waals surface area contributed by atoms with Crippen molar-refractivity contribution >= 4 is 17.7 Å². The fourth-order valence-electron chi connectivity index (χ4n) is 1.14. The van der Waals surface area contributed by atoms with Crippen LogP contribution in [0.25, 0.3) is 0 Å². The van der Waals surface area contributed by atoms with E-state index in [-0.39, 0.29) is 5.97 Å². The molecule has 0 saturated carbocycles. The van der Waals surface area contributed by atoms with Crippen LogP contribution in [0, 0.1) is 6.92 Å². The van der Waals surface area contributed by atoms with Gasteiger partial charge in [0.2, 0.25) is 0 Å². The standard InChI is InChI=1S/C12H16O2S/c1-3-15-9-8-12(13)14-11-7-5-4-6-10(11)2/h4-7H,3,8-9H2,1-2H3. The minimum atomic E-state index is -0.148. The van der Waals surface area contributed by atoms with Crippen LogP contribution in [0.5, 0.6) is 5.75 Å². The zero-order valence-electron chi connectivity index (χ0n) is 9.16. The quantitative estimate of drug-likeness (QED) is 0.437. The maximum Gasteiger partial charge on any atom is 0.312 e. The van der Waals surface area contributed by atoms with Crippen LogP contribution in [0.2, 0.25) is 0 Å². The van der Waals surface area contributed by atoms with Crippen molar-refractivity contribution in [2.24, 2.45) is 0 Å². The highest BCUT2D eigenvalue weighted by Crippen LogP contribution is 2.17. The Kier molecular flexibility index (Phi) is 5.26. The highest BCUT2D eigenvalue weighted by Gasteiger charge is 2.05. The molecule has 82 valence electrons. The number of hydrogen-bond acceptors (Lipinski definition) is 3. The molecule has 0 unspecified atom stereocenters. The predicted octanol–water partition coefficient (Wildman–Crippen LogP) is 3.04. The van der Waals surface area contributed by atoms with Crippen molar-refractivity contribution < 1.29 is 9.53 Å². The molecule has 0 fully saturated rings. The molecule has 3 heteroatoms. The molecule has 0 saturated heterocycles. The van der Waals surface area contributed by atoms with E-state index in [9.17, 15) is 4.79 Å². The summed E-state index contributed by atoms with van der Waals surface area (Å²) in [4.78, 5) is 11.4. The summed E-state index contributed by atoms with van der Waals surface area (Å²) in [5.41, 5.74) is 0.994. The largest absolute Gasteiger partial charge is 0.426 e. The van der Waals surface area contributed by atoms with Crippen molar-refractivity contribution in [3.63, 3.8) is 0 Å². The number of thioether (sulfide) groups is 1. The first-order valence-corrected chi connectivity index (χ1v) is 6.23. The molecule has 0 aliphatic carbocycles. The van der Waals surface area contributed by atoms with Gasteiger partial charge in [0.25, 0.3) is 0 Å². The molecule has 1 rings (SSSR count). The fourth-order valence-corrected chi connectivity index (χ4v) is 1.74. The number of benzene rings is 1. The minimum Gasteiger partial charge on any atom is -0.426 e. The van der Waals surface area contributed by atoms with Gasteiger partial charge in [-0.25, -0.2) is 0 Å². The molecule has 2 nitrogen and oxygen atoms in total. The highest BCUT2D eigenvalue weighted by molar-refractivity contribution is 7.99. The average molecular weight is 224 g/mol.